The van der Waals surface area contributed by atoms with Crippen molar-refractivity contribution in [1.29, 1.82) is 0 Å². The van der Waals surface area contributed by atoms with Crippen LogP contribution in [0.1, 0.15) is 56.2 Å². The minimum atomic E-state index is -3.87. The second-order valence-corrected chi connectivity index (χ2v) is 12.3. The number of fused-ring (bicyclic) bond motifs is 1. The highest BCUT2D eigenvalue weighted by atomic mass is 32.2. The molecule has 1 saturated heterocycles. The lowest BCUT2D eigenvalue weighted by molar-refractivity contribution is 0.0611. The molecule has 1 aromatic carbocycles. The fourth-order valence-corrected chi connectivity index (χ4v) is 5.85. The number of carbonyl (C=O) groups excluding carboxylic acids is 1. The maximum atomic E-state index is 13.4. The molecule has 0 radical (unpaired) electrons. The SMILES string of the molecule is CC(C)(C)c1nc2cc(S(=O)(=O)n3ccc(C(=O)NC4C=CC4)c3)ccc2n1CC1CCOCC1. The average molecular weight is 497 g/mol. The van der Waals surface area contributed by atoms with E-state index in [-0.39, 0.29) is 22.3 Å². The Morgan fingerprint density at radius 2 is 1.94 bits per heavy atom. The number of hydrogen-bond acceptors (Lipinski definition) is 5. The third kappa shape index (κ3) is 4.67. The number of ether oxygens (including phenoxy) is 1. The summed E-state index contributed by atoms with van der Waals surface area (Å²) in [6, 6.07) is 6.65. The molecule has 0 bridgehead atoms. The predicted molar refractivity (Wildman–Crippen MR) is 134 cm³/mol. The van der Waals surface area contributed by atoms with Crippen LogP contribution in [0, 0.1) is 5.92 Å². The van der Waals surface area contributed by atoms with E-state index in [0.29, 0.717) is 17.0 Å². The second-order valence-electron chi connectivity index (χ2n) is 10.5. The van der Waals surface area contributed by atoms with Gasteiger partial charge in [-0.2, -0.15) is 0 Å². The molecule has 0 saturated carbocycles. The number of benzene rings is 1. The average Bonchev–Trinajstić information content (AvgIpc) is 3.43. The van der Waals surface area contributed by atoms with E-state index in [2.05, 4.69) is 30.7 Å². The molecule has 1 N–H and O–H groups in total. The van der Waals surface area contributed by atoms with Gasteiger partial charge in [-0.25, -0.2) is 17.4 Å². The first-order valence-electron chi connectivity index (χ1n) is 12.1. The summed E-state index contributed by atoms with van der Waals surface area (Å²) in [6.45, 7) is 8.76. The molecule has 186 valence electrons. The van der Waals surface area contributed by atoms with Crippen LogP contribution in [0.2, 0.25) is 0 Å². The molecule has 8 nitrogen and oxygen atoms in total. The van der Waals surface area contributed by atoms with Gasteiger partial charge in [-0.1, -0.05) is 32.9 Å². The third-order valence-electron chi connectivity index (χ3n) is 6.75. The highest BCUT2D eigenvalue weighted by Gasteiger charge is 2.27. The Morgan fingerprint density at radius 1 is 1.20 bits per heavy atom. The Labute approximate surface area is 206 Å². The van der Waals surface area contributed by atoms with Crippen LogP contribution in [-0.2, 0) is 26.7 Å². The van der Waals surface area contributed by atoms with E-state index < -0.39 is 10.0 Å². The van der Waals surface area contributed by atoms with Crippen LogP contribution in [0.5, 0.6) is 0 Å². The highest BCUT2D eigenvalue weighted by Crippen LogP contribution is 2.31. The Bertz CT molecular complexity index is 1390. The number of carbonyl (C=O) groups is 1. The molecule has 2 aliphatic rings. The lowest BCUT2D eigenvalue weighted by atomic mass is 9.94. The van der Waals surface area contributed by atoms with Crippen molar-refractivity contribution in [2.75, 3.05) is 13.2 Å². The van der Waals surface area contributed by atoms with Crippen LogP contribution in [0.3, 0.4) is 0 Å². The summed E-state index contributed by atoms with van der Waals surface area (Å²) in [5.41, 5.74) is 1.71. The summed E-state index contributed by atoms with van der Waals surface area (Å²) >= 11 is 0. The number of rotatable bonds is 6. The van der Waals surface area contributed by atoms with Crippen LogP contribution < -0.4 is 5.32 Å². The molecule has 1 unspecified atom stereocenters. The molecule has 35 heavy (non-hydrogen) atoms. The van der Waals surface area contributed by atoms with Gasteiger partial charge in [0.2, 0.25) is 0 Å². The van der Waals surface area contributed by atoms with Crippen molar-refractivity contribution in [3.63, 3.8) is 0 Å². The van der Waals surface area contributed by atoms with Crippen LogP contribution in [-0.4, -0.2) is 47.1 Å². The fraction of sp³-hybridized carbons (Fsp3) is 0.462. The van der Waals surface area contributed by atoms with Gasteiger partial charge in [0.05, 0.1) is 27.5 Å². The zero-order valence-electron chi connectivity index (χ0n) is 20.4. The zero-order chi connectivity index (χ0) is 24.8. The molecule has 1 fully saturated rings. The first-order chi connectivity index (χ1) is 16.6. The molecule has 3 heterocycles. The smallest absolute Gasteiger partial charge is 0.267 e. The van der Waals surface area contributed by atoms with Crippen molar-refractivity contribution in [2.45, 2.75) is 62.9 Å². The van der Waals surface area contributed by atoms with Crippen LogP contribution >= 0.6 is 0 Å². The molecule has 1 aliphatic carbocycles. The lowest BCUT2D eigenvalue weighted by Crippen LogP contribution is -2.35. The second kappa shape index (κ2) is 8.95. The van der Waals surface area contributed by atoms with Crippen molar-refractivity contribution >= 4 is 27.0 Å². The summed E-state index contributed by atoms with van der Waals surface area (Å²) in [4.78, 5) is 17.5. The van der Waals surface area contributed by atoms with Gasteiger partial charge >= 0.3 is 0 Å². The minimum Gasteiger partial charge on any atom is -0.381 e. The van der Waals surface area contributed by atoms with E-state index in [4.69, 9.17) is 9.72 Å². The molecule has 3 aromatic rings. The van der Waals surface area contributed by atoms with Gasteiger partial charge in [-0.3, -0.25) is 4.79 Å². The van der Waals surface area contributed by atoms with E-state index in [1.54, 1.807) is 12.1 Å². The normalized spacial score (nSPS) is 19.1. The van der Waals surface area contributed by atoms with Crippen molar-refractivity contribution in [3.05, 3.63) is 60.2 Å². The van der Waals surface area contributed by atoms with Crippen molar-refractivity contribution in [3.8, 4) is 0 Å². The first-order valence-corrected chi connectivity index (χ1v) is 13.6. The van der Waals surface area contributed by atoms with Gasteiger partial charge in [-0.05, 0) is 49.4 Å². The zero-order valence-corrected chi connectivity index (χ0v) is 21.2. The Morgan fingerprint density at radius 3 is 2.60 bits per heavy atom. The van der Waals surface area contributed by atoms with Crippen LogP contribution in [0.15, 0.2) is 53.7 Å². The Kier molecular flexibility index (Phi) is 6.09. The molecule has 1 aliphatic heterocycles. The quantitative estimate of drug-likeness (QED) is 0.523. The molecule has 1 atom stereocenters. The standard InChI is InChI=1S/C26H32N4O4S/c1-26(2,3)25-28-22-15-21(7-8-23(22)30(25)16-18-10-13-34-14-11-18)35(32,33)29-12-9-19(17-29)24(31)27-20-5-4-6-20/h4-5,7-9,12,15,17-18,20H,6,10-11,13-14,16H2,1-3H3,(H,27,31). The number of imidazole rings is 1. The first kappa shape index (κ1) is 23.8. The fourth-order valence-electron chi connectivity index (χ4n) is 4.63. The lowest BCUT2D eigenvalue weighted by Gasteiger charge is -2.26. The van der Waals surface area contributed by atoms with E-state index in [9.17, 15) is 13.2 Å². The summed E-state index contributed by atoms with van der Waals surface area (Å²) in [5, 5.41) is 2.86. The van der Waals surface area contributed by atoms with Gasteiger partial charge in [0.1, 0.15) is 5.82 Å². The number of aromatic nitrogens is 3. The Balaban J connectivity index is 1.46. The van der Waals surface area contributed by atoms with Gasteiger partial charge < -0.3 is 14.6 Å². The van der Waals surface area contributed by atoms with E-state index in [1.807, 2.05) is 18.2 Å². The van der Waals surface area contributed by atoms with E-state index in [1.165, 1.54) is 18.5 Å². The van der Waals surface area contributed by atoms with E-state index in [0.717, 1.165) is 54.3 Å². The molecule has 5 rings (SSSR count). The molecule has 9 heteroatoms. The molecule has 1 amide bonds. The topological polar surface area (TPSA) is 95.2 Å². The van der Waals surface area contributed by atoms with Gasteiger partial charge in [0, 0.05) is 37.6 Å². The predicted octanol–water partition coefficient (Wildman–Crippen LogP) is 3.86. The van der Waals surface area contributed by atoms with Crippen LogP contribution in [0.4, 0.5) is 0 Å². The highest BCUT2D eigenvalue weighted by molar-refractivity contribution is 7.90. The molecule has 2 aromatic heterocycles. The van der Waals surface area contributed by atoms with Crippen molar-refractivity contribution in [1.82, 2.24) is 18.8 Å². The van der Waals surface area contributed by atoms with Gasteiger partial charge in [0.15, 0.2) is 0 Å². The number of nitrogens with zero attached hydrogens (tertiary/aromatic N) is 3. The molecule has 0 spiro atoms. The molecular formula is C26H32N4O4S. The number of nitrogens with one attached hydrogen (secondary N) is 1. The van der Waals surface area contributed by atoms with Crippen molar-refractivity contribution < 1.29 is 17.9 Å². The monoisotopic (exact) mass is 496 g/mol. The maximum absolute atomic E-state index is 13.4. The largest absolute Gasteiger partial charge is 0.381 e. The summed E-state index contributed by atoms with van der Waals surface area (Å²) in [6.07, 6.45) is 9.48. The summed E-state index contributed by atoms with van der Waals surface area (Å²) in [7, 11) is -3.87. The number of hydrogen-bond donors (Lipinski definition) is 1. The summed E-state index contributed by atoms with van der Waals surface area (Å²) < 4.78 is 35.6. The molecular weight excluding hydrogens is 464 g/mol. The maximum Gasteiger partial charge on any atom is 0.267 e. The van der Waals surface area contributed by atoms with E-state index >= 15 is 0 Å². The van der Waals surface area contributed by atoms with Crippen molar-refractivity contribution in [2.24, 2.45) is 5.92 Å². The Hall–Kier alpha value is -2.91. The van der Waals surface area contributed by atoms with Gasteiger partial charge in [-0.15, -0.1) is 0 Å². The number of amides is 1. The van der Waals surface area contributed by atoms with Gasteiger partial charge in [0.25, 0.3) is 15.9 Å². The third-order valence-corrected chi connectivity index (χ3v) is 8.38. The minimum absolute atomic E-state index is 0.0122. The summed E-state index contributed by atoms with van der Waals surface area (Å²) in [5.74, 6) is 1.16. The van der Waals surface area contributed by atoms with Crippen LogP contribution in [0.25, 0.3) is 11.0 Å².